The molecule has 5 heteroatoms. The van der Waals surface area contributed by atoms with Crippen LogP contribution in [0.1, 0.15) is 16.3 Å². The normalized spacial score (nSPS) is 11.1. The predicted octanol–water partition coefficient (Wildman–Crippen LogP) is 4.02. The highest BCUT2D eigenvalue weighted by Crippen LogP contribution is 2.26. The number of aryl methyl sites for hydroxylation is 2. The molecular weight excluding hydrogens is 274 g/mol. The summed E-state index contributed by atoms with van der Waals surface area (Å²) in [6.45, 7) is 5.02. The van der Waals surface area contributed by atoms with Crippen molar-refractivity contribution in [2.24, 2.45) is 0 Å². The van der Waals surface area contributed by atoms with Crippen molar-refractivity contribution in [1.29, 1.82) is 0 Å². The summed E-state index contributed by atoms with van der Waals surface area (Å²) in [6.07, 6.45) is 0.952. The van der Waals surface area contributed by atoms with E-state index in [1.807, 2.05) is 6.92 Å². The molecule has 0 bridgehead atoms. The van der Waals surface area contributed by atoms with Crippen LogP contribution in [0.25, 0.3) is 10.2 Å². The van der Waals surface area contributed by atoms with Crippen LogP contribution in [0.15, 0.2) is 23.6 Å². The maximum atomic E-state index is 4.58. The van der Waals surface area contributed by atoms with Gasteiger partial charge in [0, 0.05) is 24.0 Å². The molecule has 0 spiro atoms. The number of benzene rings is 1. The Hall–Kier alpha value is -1.46. The summed E-state index contributed by atoms with van der Waals surface area (Å²) in [5.74, 6) is 0. The molecule has 3 nitrogen and oxygen atoms in total. The number of hydrogen-bond acceptors (Lipinski definition) is 5. The van der Waals surface area contributed by atoms with Gasteiger partial charge >= 0.3 is 0 Å². The van der Waals surface area contributed by atoms with E-state index in [4.69, 9.17) is 0 Å². The van der Waals surface area contributed by atoms with E-state index in [0.717, 1.165) is 29.3 Å². The summed E-state index contributed by atoms with van der Waals surface area (Å²) >= 11 is 3.44. The molecule has 2 heterocycles. The van der Waals surface area contributed by atoms with Gasteiger partial charge in [0.1, 0.15) is 0 Å². The van der Waals surface area contributed by atoms with Gasteiger partial charge in [-0.05, 0) is 31.5 Å². The molecule has 0 aliphatic heterocycles. The minimum atomic E-state index is 0.881. The van der Waals surface area contributed by atoms with Gasteiger partial charge in [0.15, 0.2) is 5.13 Å². The van der Waals surface area contributed by atoms with Crippen molar-refractivity contribution in [2.45, 2.75) is 20.3 Å². The van der Waals surface area contributed by atoms with Crippen LogP contribution >= 0.6 is 22.7 Å². The molecule has 0 aliphatic rings. The minimum absolute atomic E-state index is 0.881. The largest absolute Gasteiger partial charge is 0.361 e. The van der Waals surface area contributed by atoms with Crippen molar-refractivity contribution >= 4 is 38.0 Å². The van der Waals surface area contributed by atoms with E-state index in [-0.39, 0.29) is 0 Å². The number of nitrogens with zero attached hydrogens (tertiary/aromatic N) is 2. The van der Waals surface area contributed by atoms with Gasteiger partial charge in [0.2, 0.25) is 0 Å². The van der Waals surface area contributed by atoms with Crippen molar-refractivity contribution in [3.8, 4) is 0 Å². The van der Waals surface area contributed by atoms with Crippen molar-refractivity contribution in [1.82, 2.24) is 9.97 Å². The van der Waals surface area contributed by atoms with Crippen LogP contribution in [0.3, 0.4) is 0 Å². The van der Waals surface area contributed by atoms with Gasteiger partial charge in [-0.2, -0.15) is 0 Å². The van der Waals surface area contributed by atoms with Crippen LogP contribution in [0.4, 0.5) is 5.13 Å². The molecule has 0 saturated carbocycles. The summed E-state index contributed by atoms with van der Waals surface area (Å²) in [4.78, 5) is 9.04. The SMILES string of the molecule is Cc1ccc2nc(NCCc3nc(C)cs3)sc2c1. The Balaban J connectivity index is 1.65. The molecule has 0 atom stereocenters. The molecule has 1 N–H and O–H groups in total. The molecule has 0 aliphatic carbocycles. The first-order valence-electron chi connectivity index (χ1n) is 6.23. The van der Waals surface area contributed by atoms with Gasteiger partial charge in [-0.25, -0.2) is 9.97 Å². The number of thiazole rings is 2. The van der Waals surface area contributed by atoms with Crippen LogP contribution < -0.4 is 5.32 Å². The number of fused-ring (bicyclic) bond motifs is 1. The Morgan fingerprint density at radius 3 is 2.89 bits per heavy atom. The second-order valence-electron chi connectivity index (χ2n) is 4.55. The average Bonchev–Trinajstić information content (AvgIpc) is 2.95. The van der Waals surface area contributed by atoms with Crippen molar-refractivity contribution in [3.05, 3.63) is 39.8 Å². The van der Waals surface area contributed by atoms with E-state index in [2.05, 4.69) is 45.8 Å². The lowest BCUT2D eigenvalue weighted by molar-refractivity contribution is 0.985. The van der Waals surface area contributed by atoms with Gasteiger partial charge in [-0.3, -0.25) is 0 Å². The second kappa shape index (κ2) is 5.27. The van der Waals surface area contributed by atoms with Crippen LogP contribution in [0.2, 0.25) is 0 Å². The van der Waals surface area contributed by atoms with Gasteiger partial charge in [0.25, 0.3) is 0 Å². The number of rotatable bonds is 4. The summed E-state index contributed by atoms with van der Waals surface area (Å²) < 4.78 is 1.24. The zero-order valence-corrected chi connectivity index (χ0v) is 12.6. The summed E-state index contributed by atoms with van der Waals surface area (Å²) in [5.41, 5.74) is 3.46. The first-order chi connectivity index (χ1) is 9.20. The van der Waals surface area contributed by atoms with Gasteiger partial charge in [-0.15, -0.1) is 11.3 Å². The van der Waals surface area contributed by atoms with Gasteiger partial charge < -0.3 is 5.32 Å². The molecule has 19 heavy (non-hydrogen) atoms. The minimum Gasteiger partial charge on any atom is -0.361 e. The molecule has 3 aromatic rings. The first-order valence-corrected chi connectivity index (χ1v) is 7.92. The molecule has 98 valence electrons. The molecule has 0 fully saturated rings. The lowest BCUT2D eigenvalue weighted by atomic mass is 10.2. The van der Waals surface area contributed by atoms with E-state index in [0.29, 0.717) is 0 Å². The standard InChI is InChI=1S/C14H15N3S2/c1-9-3-4-11-12(7-9)19-14(17-11)15-6-5-13-16-10(2)8-18-13/h3-4,7-8H,5-6H2,1-2H3,(H,15,17). The Morgan fingerprint density at radius 2 is 2.11 bits per heavy atom. The molecule has 0 radical (unpaired) electrons. The van der Waals surface area contributed by atoms with Crippen LogP contribution in [0.5, 0.6) is 0 Å². The quantitative estimate of drug-likeness (QED) is 0.788. The number of anilines is 1. The Kier molecular flexibility index (Phi) is 3.48. The van der Waals surface area contributed by atoms with E-state index in [1.54, 1.807) is 22.7 Å². The second-order valence-corrected chi connectivity index (χ2v) is 6.52. The zero-order valence-electron chi connectivity index (χ0n) is 10.9. The number of nitrogens with one attached hydrogen (secondary N) is 1. The molecule has 0 saturated heterocycles. The summed E-state index contributed by atoms with van der Waals surface area (Å²) in [6, 6.07) is 6.36. The predicted molar refractivity (Wildman–Crippen MR) is 83.4 cm³/mol. The Labute approximate surface area is 120 Å². The highest BCUT2D eigenvalue weighted by atomic mass is 32.1. The van der Waals surface area contributed by atoms with Gasteiger partial charge in [-0.1, -0.05) is 17.4 Å². The van der Waals surface area contributed by atoms with E-state index in [9.17, 15) is 0 Å². The fourth-order valence-corrected chi connectivity index (χ4v) is 3.67. The maximum Gasteiger partial charge on any atom is 0.183 e. The zero-order chi connectivity index (χ0) is 13.2. The van der Waals surface area contributed by atoms with Gasteiger partial charge in [0.05, 0.1) is 15.2 Å². The van der Waals surface area contributed by atoms with Crippen LogP contribution in [0, 0.1) is 13.8 Å². The topological polar surface area (TPSA) is 37.8 Å². The smallest absolute Gasteiger partial charge is 0.183 e. The summed E-state index contributed by atoms with van der Waals surface area (Å²) in [5, 5.41) is 7.66. The first kappa shape index (κ1) is 12.6. The Bertz CT molecular complexity index is 700. The third-order valence-electron chi connectivity index (χ3n) is 2.83. The summed E-state index contributed by atoms with van der Waals surface area (Å²) in [7, 11) is 0. The van der Waals surface area contributed by atoms with Crippen LogP contribution in [-0.4, -0.2) is 16.5 Å². The fourth-order valence-electron chi connectivity index (χ4n) is 1.90. The lowest BCUT2D eigenvalue weighted by Gasteiger charge is -1.99. The maximum absolute atomic E-state index is 4.58. The monoisotopic (exact) mass is 289 g/mol. The highest BCUT2D eigenvalue weighted by Gasteiger charge is 2.04. The third-order valence-corrected chi connectivity index (χ3v) is 4.83. The van der Waals surface area contributed by atoms with Crippen molar-refractivity contribution in [2.75, 3.05) is 11.9 Å². The molecule has 0 unspecified atom stereocenters. The highest BCUT2D eigenvalue weighted by molar-refractivity contribution is 7.22. The van der Waals surface area contributed by atoms with Crippen molar-refractivity contribution in [3.63, 3.8) is 0 Å². The van der Waals surface area contributed by atoms with Crippen molar-refractivity contribution < 1.29 is 0 Å². The van der Waals surface area contributed by atoms with Crippen LogP contribution in [-0.2, 0) is 6.42 Å². The number of aromatic nitrogens is 2. The molecule has 2 aromatic heterocycles. The molecule has 0 amide bonds. The lowest BCUT2D eigenvalue weighted by Crippen LogP contribution is -2.04. The Morgan fingerprint density at radius 1 is 1.21 bits per heavy atom. The average molecular weight is 289 g/mol. The molecule has 3 rings (SSSR count). The third kappa shape index (κ3) is 2.93. The fraction of sp³-hybridized carbons (Fsp3) is 0.286. The molecule has 1 aromatic carbocycles. The number of hydrogen-bond donors (Lipinski definition) is 1. The van der Waals surface area contributed by atoms with E-state index >= 15 is 0 Å². The van der Waals surface area contributed by atoms with E-state index < -0.39 is 0 Å². The molecular formula is C14H15N3S2. The van der Waals surface area contributed by atoms with E-state index in [1.165, 1.54) is 15.3 Å².